The second kappa shape index (κ2) is 5.10. The Hall–Kier alpha value is -2.13. The standard InChI is InChI=1S/C16H13ClN2O/c1-10-13(17)6-4-8-14(10)18-9-12-11-5-2-3-7-15(11)19-16(12)20/h2-9,12H,1H3,(H,19,20). The van der Waals surface area contributed by atoms with Crippen molar-refractivity contribution in [2.75, 3.05) is 5.32 Å². The van der Waals surface area contributed by atoms with Crippen molar-refractivity contribution in [1.82, 2.24) is 0 Å². The number of halogens is 1. The summed E-state index contributed by atoms with van der Waals surface area (Å²) < 4.78 is 0. The number of aliphatic imine (C=N–C) groups is 1. The molecule has 0 aromatic heterocycles. The van der Waals surface area contributed by atoms with Gasteiger partial charge in [0.1, 0.15) is 5.92 Å². The maximum atomic E-state index is 12.0. The van der Waals surface area contributed by atoms with Gasteiger partial charge in [0, 0.05) is 16.9 Å². The Morgan fingerprint density at radius 1 is 1.20 bits per heavy atom. The molecule has 4 heteroatoms. The number of amides is 1. The first kappa shape index (κ1) is 12.9. The lowest BCUT2D eigenvalue weighted by Crippen LogP contribution is -2.12. The summed E-state index contributed by atoms with van der Waals surface area (Å²) in [5.74, 6) is -0.390. The van der Waals surface area contributed by atoms with E-state index in [4.69, 9.17) is 11.6 Å². The molecular formula is C16H13ClN2O. The second-order valence-electron chi connectivity index (χ2n) is 4.72. The van der Waals surface area contributed by atoms with Crippen molar-refractivity contribution in [3.63, 3.8) is 0 Å². The fourth-order valence-corrected chi connectivity index (χ4v) is 2.44. The molecule has 0 saturated heterocycles. The average molecular weight is 285 g/mol. The van der Waals surface area contributed by atoms with E-state index in [-0.39, 0.29) is 11.8 Å². The highest BCUT2D eigenvalue weighted by Crippen LogP contribution is 2.32. The van der Waals surface area contributed by atoms with Gasteiger partial charge in [0.05, 0.1) is 5.69 Å². The summed E-state index contributed by atoms with van der Waals surface area (Å²) in [5.41, 5.74) is 3.52. The van der Waals surface area contributed by atoms with Gasteiger partial charge in [-0.2, -0.15) is 0 Å². The predicted octanol–water partition coefficient (Wildman–Crippen LogP) is 4.09. The van der Waals surface area contributed by atoms with Crippen LogP contribution in [0, 0.1) is 6.92 Å². The van der Waals surface area contributed by atoms with Crippen LogP contribution in [0.5, 0.6) is 0 Å². The highest BCUT2D eigenvalue weighted by atomic mass is 35.5. The summed E-state index contributed by atoms with van der Waals surface area (Å²) >= 11 is 6.07. The highest BCUT2D eigenvalue weighted by molar-refractivity contribution is 6.31. The van der Waals surface area contributed by atoms with Crippen LogP contribution in [0.1, 0.15) is 17.0 Å². The molecule has 0 spiro atoms. The van der Waals surface area contributed by atoms with Crippen molar-refractivity contribution in [2.45, 2.75) is 12.8 Å². The molecule has 1 aliphatic heterocycles. The minimum absolute atomic E-state index is 0.0466. The lowest BCUT2D eigenvalue weighted by molar-refractivity contribution is -0.115. The monoisotopic (exact) mass is 284 g/mol. The van der Waals surface area contributed by atoms with E-state index in [1.54, 1.807) is 6.21 Å². The fraction of sp³-hybridized carbons (Fsp3) is 0.125. The molecule has 2 aromatic carbocycles. The van der Waals surface area contributed by atoms with E-state index in [0.717, 1.165) is 22.5 Å². The average Bonchev–Trinajstić information content (AvgIpc) is 2.76. The number of nitrogens with one attached hydrogen (secondary N) is 1. The third-order valence-corrected chi connectivity index (χ3v) is 3.85. The first-order chi connectivity index (χ1) is 9.66. The van der Waals surface area contributed by atoms with Gasteiger partial charge >= 0.3 is 0 Å². The van der Waals surface area contributed by atoms with Crippen LogP contribution >= 0.6 is 11.6 Å². The number of fused-ring (bicyclic) bond motifs is 1. The lowest BCUT2D eigenvalue weighted by Gasteiger charge is -2.04. The summed E-state index contributed by atoms with van der Waals surface area (Å²) in [6, 6.07) is 13.2. The van der Waals surface area contributed by atoms with E-state index in [0.29, 0.717) is 5.02 Å². The smallest absolute Gasteiger partial charge is 0.237 e. The number of para-hydroxylation sites is 1. The van der Waals surface area contributed by atoms with Crippen molar-refractivity contribution in [2.24, 2.45) is 4.99 Å². The van der Waals surface area contributed by atoms with Gasteiger partial charge in [-0.05, 0) is 36.2 Å². The molecule has 0 aliphatic carbocycles. The minimum atomic E-state index is -0.343. The van der Waals surface area contributed by atoms with Gasteiger partial charge in [-0.3, -0.25) is 9.79 Å². The van der Waals surface area contributed by atoms with Gasteiger partial charge in [0.15, 0.2) is 0 Å². The maximum absolute atomic E-state index is 12.0. The molecule has 1 N–H and O–H groups in total. The van der Waals surface area contributed by atoms with Crippen LogP contribution in [0.2, 0.25) is 5.02 Å². The molecule has 0 bridgehead atoms. The molecular weight excluding hydrogens is 272 g/mol. The van der Waals surface area contributed by atoms with Gasteiger partial charge < -0.3 is 5.32 Å². The van der Waals surface area contributed by atoms with Crippen LogP contribution in [-0.2, 0) is 4.79 Å². The van der Waals surface area contributed by atoms with Crippen molar-refractivity contribution >= 4 is 35.1 Å². The predicted molar refractivity (Wildman–Crippen MR) is 82.2 cm³/mol. The van der Waals surface area contributed by atoms with Crippen molar-refractivity contribution < 1.29 is 4.79 Å². The molecule has 1 atom stereocenters. The summed E-state index contributed by atoms with van der Waals surface area (Å²) in [5, 5.41) is 3.53. The molecule has 1 amide bonds. The molecule has 0 saturated carbocycles. The van der Waals surface area contributed by atoms with Crippen LogP contribution in [0.3, 0.4) is 0 Å². The zero-order chi connectivity index (χ0) is 14.1. The summed E-state index contributed by atoms with van der Waals surface area (Å²) in [4.78, 5) is 16.4. The zero-order valence-corrected chi connectivity index (χ0v) is 11.7. The second-order valence-corrected chi connectivity index (χ2v) is 5.12. The fourth-order valence-electron chi connectivity index (χ4n) is 2.27. The Kier molecular flexibility index (Phi) is 3.28. The van der Waals surface area contributed by atoms with Crippen LogP contribution in [0.15, 0.2) is 47.5 Å². The topological polar surface area (TPSA) is 41.5 Å². The van der Waals surface area contributed by atoms with Gasteiger partial charge in [-0.15, -0.1) is 0 Å². The zero-order valence-electron chi connectivity index (χ0n) is 10.9. The van der Waals surface area contributed by atoms with Crippen molar-refractivity contribution in [1.29, 1.82) is 0 Å². The van der Waals surface area contributed by atoms with Gasteiger partial charge in [-0.25, -0.2) is 0 Å². The highest BCUT2D eigenvalue weighted by Gasteiger charge is 2.28. The lowest BCUT2D eigenvalue weighted by atomic mass is 10.0. The number of benzene rings is 2. The number of carbonyl (C=O) groups excluding carboxylic acids is 1. The Morgan fingerprint density at radius 2 is 2.00 bits per heavy atom. The number of nitrogens with zero attached hydrogens (tertiary/aromatic N) is 1. The Balaban J connectivity index is 1.93. The van der Waals surface area contributed by atoms with E-state index in [1.807, 2.05) is 49.4 Å². The SMILES string of the molecule is Cc1c(Cl)cccc1N=CC1C(=O)Nc2ccccc21. The molecule has 1 heterocycles. The Morgan fingerprint density at radius 3 is 2.85 bits per heavy atom. The van der Waals surface area contributed by atoms with Crippen LogP contribution in [0.25, 0.3) is 0 Å². The third kappa shape index (κ3) is 2.21. The van der Waals surface area contributed by atoms with E-state index in [1.165, 1.54) is 0 Å². The summed E-state index contributed by atoms with van der Waals surface area (Å²) in [6.45, 7) is 1.91. The number of hydrogen-bond acceptors (Lipinski definition) is 2. The third-order valence-electron chi connectivity index (χ3n) is 3.44. The first-order valence-electron chi connectivity index (χ1n) is 6.36. The van der Waals surface area contributed by atoms with Crippen LogP contribution < -0.4 is 5.32 Å². The van der Waals surface area contributed by atoms with E-state index in [9.17, 15) is 4.79 Å². The summed E-state index contributed by atoms with van der Waals surface area (Å²) in [6.07, 6.45) is 1.68. The molecule has 20 heavy (non-hydrogen) atoms. The number of carbonyl (C=O) groups is 1. The van der Waals surface area contributed by atoms with Gasteiger partial charge in [0.25, 0.3) is 0 Å². The van der Waals surface area contributed by atoms with Crippen LogP contribution in [0.4, 0.5) is 11.4 Å². The molecule has 0 radical (unpaired) electrons. The van der Waals surface area contributed by atoms with Gasteiger partial charge in [-0.1, -0.05) is 35.9 Å². The van der Waals surface area contributed by atoms with E-state index >= 15 is 0 Å². The number of hydrogen-bond donors (Lipinski definition) is 1. The largest absolute Gasteiger partial charge is 0.325 e. The van der Waals surface area contributed by atoms with Crippen LogP contribution in [-0.4, -0.2) is 12.1 Å². The molecule has 3 rings (SSSR count). The number of rotatable bonds is 2. The molecule has 1 aliphatic rings. The summed E-state index contributed by atoms with van der Waals surface area (Å²) in [7, 11) is 0. The van der Waals surface area contributed by atoms with E-state index < -0.39 is 0 Å². The molecule has 0 fully saturated rings. The minimum Gasteiger partial charge on any atom is -0.325 e. The number of anilines is 1. The van der Waals surface area contributed by atoms with Crippen molar-refractivity contribution in [3.8, 4) is 0 Å². The normalized spacial score (nSPS) is 17.3. The molecule has 2 aromatic rings. The molecule has 1 unspecified atom stereocenters. The van der Waals surface area contributed by atoms with Crippen molar-refractivity contribution in [3.05, 3.63) is 58.6 Å². The molecule has 100 valence electrons. The van der Waals surface area contributed by atoms with Gasteiger partial charge in [0.2, 0.25) is 5.91 Å². The maximum Gasteiger partial charge on any atom is 0.237 e. The van der Waals surface area contributed by atoms with E-state index in [2.05, 4.69) is 10.3 Å². The molecule has 3 nitrogen and oxygen atoms in total. The first-order valence-corrected chi connectivity index (χ1v) is 6.73. The quantitative estimate of drug-likeness (QED) is 0.829. The Labute approximate surface area is 122 Å². The Bertz CT molecular complexity index is 709.